The van der Waals surface area contributed by atoms with Crippen LogP contribution in [0.15, 0.2) is 36.6 Å². The Bertz CT molecular complexity index is 415. The number of nitrogens with zero attached hydrogens (tertiary/aromatic N) is 1. The van der Waals surface area contributed by atoms with E-state index in [0.29, 0.717) is 0 Å². The van der Waals surface area contributed by atoms with E-state index in [1.54, 1.807) is 0 Å². The summed E-state index contributed by atoms with van der Waals surface area (Å²) in [5.74, 6) is 0. The highest BCUT2D eigenvalue weighted by Gasteiger charge is 2.14. The van der Waals surface area contributed by atoms with Gasteiger partial charge in [0.2, 0.25) is 0 Å². The van der Waals surface area contributed by atoms with Crippen molar-refractivity contribution in [3.05, 3.63) is 47.7 Å². The van der Waals surface area contributed by atoms with Gasteiger partial charge >= 0.3 is 0 Å². The summed E-state index contributed by atoms with van der Waals surface area (Å²) in [6, 6.07) is 6.45. The third kappa shape index (κ3) is 1.70. The van der Waals surface area contributed by atoms with Gasteiger partial charge in [-0.05, 0) is 25.5 Å². The van der Waals surface area contributed by atoms with Crippen molar-refractivity contribution in [2.24, 2.45) is 0 Å². The Morgan fingerprint density at radius 3 is 2.93 bits per heavy atom. The van der Waals surface area contributed by atoms with Gasteiger partial charge in [-0.3, -0.25) is 0 Å². The van der Waals surface area contributed by atoms with Gasteiger partial charge in [-0.15, -0.1) is 0 Å². The standard InChI is InChI=1S/C14H17N/c1-4-15-12(3)8-6-9-13-11(2)7-5-10-14(13)15/h5-7,9-10H,3-4,8H2,1-2H3. The van der Waals surface area contributed by atoms with E-state index in [4.69, 9.17) is 0 Å². The van der Waals surface area contributed by atoms with Crippen molar-refractivity contribution >= 4 is 11.8 Å². The van der Waals surface area contributed by atoms with Gasteiger partial charge in [0.05, 0.1) is 0 Å². The predicted molar refractivity (Wildman–Crippen MR) is 67.0 cm³/mol. The van der Waals surface area contributed by atoms with E-state index in [-0.39, 0.29) is 0 Å². The lowest BCUT2D eigenvalue weighted by atomic mass is 10.1. The van der Waals surface area contributed by atoms with Crippen LogP contribution in [-0.4, -0.2) is 6.54 Å². The molecule has 0 atom stereocenters. The number of fused-ring (bicyclic) bond motifs is 1. The molecule has 0 spiro atoms. The van der Waals surface area contributed by atoms with Crippen LogP contribution in [0.2, 0.25) is 0 Å². The first-order valence-corrected chi connectivity index (χ1v) is 5.45. The number of rotatable bonds is 1. The normalized spacial score (nSPS) is 15.1. The number of benzene rings is 1. The van der Waals surface area contributed by atoms with Crippen molar-refractivity contribution in [1.29, 1.82) is 0 Å². The van der Waals surface area contributed by atoms with E-state index in [1.165, 1.54) is 22.5 Å². The smallest absolute Gasteiger partial charge is 0.0484 e. The summed E-state index contributed by atoms with van der Waals surface area (Å²) in [7, 11) is 0. The zero-order chi connectivity index (χ0) is 10.8. The molecule has 1 nitrogen and oxygen atoms in total. The van der Waals surface area contributed by atoms with Crippen LogP contribution < -0.4 is 4.90 Å². The zero-order valence-corrected chi connectivity index (χ0v) is 9.46. The van der Waals surface area contributed by atoms with E-state index in [1.807, 2.05) is 0 Å². The quantitative estimate of drug-likeness (QED) is 0.665. The fourth-order valence-electron chi connectivity index (χ4n) is 2.10. The minimum atomic E-state index is 0.946. The summed E-state index contributed by atoms with van der Waals surface area (Å²) in [6.45, 7) is 9.44. The summed E-state index contributed by atoms with van der Waals surface area (Å²) in [5.41, 5.74) is 5.13. The molecule has 0 amide bonds. The van der Waals surface area contributed by atoms with Gasteiger partial charge in [-0.2, -0.15) is 0 Å². The highest BCUT2D eigenvalue weighted by atomic mass is 15.1. The fraction of sp³-hybridized carbons (Fsp3) is 0.286. The van der Waals surface area contributed by atoms with Crippen LogP contribution in [0.25, 0.3) is 6.08 Å². The molecule has 1 aromatic carbocycles. The Kier molecular flexibility index (Phi) is 2.63. The summed E-state index contributed by atoms with van der Waals surface area (Å²) in [4.78, 5) is 2.29. The van der Waals surface area contributed by atoms with Crippen LogP contribution >= 0.6 is 0 Å². The monoisotopic (exact) mass is 199 g/mol. The Labute approximate surface area is 91.7 Å². The second-order valence-electron chi connectivity index (χ2n) is 3.92. The lowest BCUT2D eigenvalue weighted by Gasteiger charge is -2.25. The van der Waals surface area contributed by atoms with Crippen LogP contribution in [0.1, 0.15) is 24.5 Å². The molecule has 0 bridgehead atoms. The summed E-state index contributed by atoms with van der Waals surface area (Å²) >= 11 is 0. The molecule has 0 radical (unpaired) electrons. The maximum Gasteiger partial charge on any atom is 0.0484 e. The molecule has 78 valence electrons. The second-order valence-corrected chi connectivity index (χ2v) is 3.92. The van der Waals surface area contributed by atoms with Gasteiger partial charge < -0.3 is 4.90 Å². The summed E-state index contributed by atoms with van der Waals surface area (Å²) in [5, 5.41) is 0. The Morgan fingerprint density at radius 1 is 1.40 bits per heavy atom. The van der Waals surface area contributed by atoms with Crippen LogP contribution in [0.5, 0.6) is 0 Å². The molecule has 0 aliphatic carbocycles. The molecular formula is C14H17N. The molecule has 2 rings (SSSR count). The first-order valence-electron chi connectivity index (χ1n) is 5.45. The van der Waals surface area contributed by atoms with E-state index >= 15 is 0 Å². The average molecular weight is 199 g/mol. The molecular weight excluding hydrogens is 182 g/mol. The van der Waals surface area contributed by atoms with Crippen molar-refractivity contribution in [3.8, 4) is 0 Å². The van der Waals surface area contributed by atoms with Gasteiger partial charge in [-0.1, -0.05) is 30.9 Å². The summed E-state index contributed by atoms with van der Waals surface area (Å²) in [6.07, 6.45) is 5.36. The first kappa shape index (κ1) is 10.0. The minimum absolute atomic E-state index is 0.946. The molecule has 0 aromatic heterocycles. The second kappa shape index (κ2) is 3.93. The SMILES string of the molecule is C=C1CC=Cc2c(C)cccc2N1CC. The predicted octanol–water partition coefficient (Wildman–Crippen LogP) is 3.75. The van der Waals surface area contributed by atoms with Gasteiger partial charge in [-0.25, -0.2) is 0 Å². The number of hydrogen-bond donors (Lipinski definition) is 0. The van der Waals surface area contributed by atoms with Gasteiger partial charge in [0.1, 0.15) is 0 Å². The minimum Gasteiger partial charge on any atom is -0.345 e. The molecule has 0 saturated heterocycles. The van der Waals surface area contributed by atoms with Crippen molar-refractivity contribution in [1.82, 2.24) is 0 Å². The Balaban J connectivity index is 2.59. The largest absolute Gasteiger partial charge is 0.345 e. The van der Waals surface area contributed by atoms with Gasteiger partial charge in [0.25, 0.3) is 0 Å². The molecule has 0 fully saturated rings. The number of aryl methyl sites for hydroxylation is 1. The zero-order valence-electron chi connectivity index (χ0n) is 9.46. The Morgan fingerprint density at radius 2 is 2.20 bits per heavy atom. The van der Waals surface area contributed by atoms with E-state index in [2.05, 4.69) is 55.7 Å². The van der Waals surface area contributed by atoms with Crippen LogP contribution in [-0.2, 0) is 0 Å². The maximum atomic E-state index is 4.13. The van der Waals surface area contributed by atoms with E-state index in [0.717, 1.165) is 13.0 Å². The maximum absolute atomic E-state index is 4.13. The molecule has 1 heteroatoms. The molecule has 1 aliphatic rings. The molecule has 0 N–H and O–H groups in total. The number of anilines is 1. The van der Waals surface area contributed by atoms with Crippen LogP contribution in [0, 0.1) is 6.92 Å². The van der Waals surface area contributed by atoms with Crippen molar-refractivity contribution in [3.63, 3.8) is 0 Å². The highest BCUT2D eigenvalue weighted by Crippen LogP contribution is 2.31. The number of hydrogen-bond acceptors (Lipinski definition) is 1. The van der Waals surface area contributed by atoms with Gasteiger partial charge in [0.15, 0.2) is 0 Å². The average Bonchev–Trinajstić information content (AvgIpc) is 2.38. The third-order valence-electron chi connectivity index (χ3n) is 2.93. The van der Waals surface area contributed by atoms with Crippen molar-refractivity contribution < 1.29 is 0 Å². The Hall–Kier alpha value is -1.50. The van der Waals surface area contributed by atoms with Crippen molar-refractivity contribution in [2.75, 3.05) is 11.4 Å². The number of allylic oxidation sites excluding steroid dienone is 1. The molecule has 0 saturated carbocycles. The summed E-state index contributed by atoms with van der Waals surface area (Å²) < 4.78 is 0. The lowest BCUT2D eigenvalue weighted by molar-refractivity contribution is 0.931. The topological polar surface area (TPSA) is 3.24 Å². The van der Waals surface area contributed by atoms with Crippen molar-refractivity contribution in [2.45, 2.75) is 20.3 Å². The van der Waals surface area contributed by atoms with Crippen LogP contribution in [0.3, 0.4) is 0 Å². The first-order chi connectivity index (χ1) is 7.24. The van der Waals surface area contributed by atoms with Gasteiger partial charge in [0, 0.05) is 29.9 Å². The fourth-order valence-corrected chi connectivity index (χ4v) is 2.10. The molecule has 15 heavy (non-hydrogen) atoms. The van der Waals surface area contributed by atoms with Crippen LogP contribution in [0.4, 0.5) is 5.69 Å². The van der Waals surface area contributed by atoms with E-state index in [9.17, 15) is 0 Å². The lowest BCUT2D eigenvalue weighted by Crippen LogP contribution is -2.21. The highest BCUT2D eigenvalue weighted by molar-refractivity contribution is 5.74. The molecule has 1 aliphatic heterocycles. The molecule has 1 aromatic rings. The molecule has 1 heterocycles. The molecule has 0 unspecified atom stereocenters. The van der Waals surface area contributed by atoms with E-state index < -0.39 is 0 Å². The third-order valence-corrected chi connectivity index (χ3v) is 2.93.